The molecule has 0 radical (unpaired) electrons. The molecule has 0 bridgehead atoms. The quantitative estimate of drug-likeness (QED) is 0.848. The Morgan fingerprint density at radius 3 is 2.72 bits per heavy atom. The van der Waals surface area contributed by atoms with Gasteiger partial charge in [-0.1, -0.05) is 30.3 Å². The van der Waals surface area contributed by atoms with Gasteiger partial charge in [-0.05, 0) is 48.1 Å². The van der Waals surface area contributed by atoms with Gasteiger partial charge >= 0.3 is 5.97 Å². The number of hydrogen-bond donors (Lipinski definition) is 2. The smallest absolute Gasteiger partial charge is 0.303 e. The Hall–Kier alpha value is -2.82. The van der Waals surface area contributed by atoms with Gasteiger partial charge in [-0.15, -0.1) is 0 Å². The van der Waals surface area contributed by atoms with Crippen LogP contribution in [0.5, 0.6) is 0 Å². The van der Waals surface area contributed by atoms with Gasteiger partial charge in [0.1, 0.15) is 0 Å². The second-order valence-corrected chi connectivity index (χ2v) is 6.58. The van der Waals surface area contributed by atoms with Crippen LogP contribution >= 0.6 is 0 Å². The van der Waals surface area contributed by atoms with E-state index in [1.165, 1.54) is 11.3 Å². The van der Waals surface area contributed by atoms with Crippen molar-refractivity contribution in [2.45, 2.75) is 25.8 Å². The molecule has 0 saturated heterocycles. The summed E-state index contributed by atoms with van der Waals surface area (Å²) in [7, 11) is 0. The number of carbonyl (C=O) groups excluding carboxylic acids is 1. The summed E-state index contributed by atoms with van der Waals surface area (Å²) in [5.74, 6) is -0.870. The molecule has 3 N–H and O–H groups in total. The van der Waals surface area contributed by atoms with Gasteiger partial charge in [0.15, 0.2) is 0 Å². The number of nitrogens with zero attached hydrogens (tertiary/aromatic N) is 1. The molecule has 1 unspecified atom stereocenters. The number of aliphatic carboxylic acids is 1. The largest absolute Gasteiger partial charge is 0.481 e. The van der Waals surface area contributed by atoms with Crippen molar-refractivity contribution in [3.63, 3.8) is 0 Å². The highest BCUT2D eigenvalue weighted by Crippen LogP contribution is 2.32. The maximum Gasteiger partial charge on any atom is 0.303 e. The molecule has 1 atom stereocenters. The zero-order valence-electron chi connectivity index (χ0n) is 14.0. The van der Waals surface area contributed by atoms with E-state index < -0.39 is 11.9 Å². The molecule has 1 aliphatic heterocycles. The number of primary amides is 1. The SMILES string of the molecule is NC(=O)c1cccc(CN2CC(CCC(=O)O)Cc3ccccc32)c1. The maximum atomic E-state index is 11.4. The van der Waals surface area contributed by atoms with E-state index in [1.54, 1.807) is 6.07 Å². The Balaban J connectivity index is 1.82. The molecule has 0 aliphatic carbocycles. The average molecular weight is 338 g/mol. The summed E-state index contributed by atoms with van der Waals surface area (Å²) in [6, 6.07) is 15.6. The summed E-state index contributed by atoms with van der Waals surface area (Å²) >= 11 is 0. The minimum Gasteiger partial charge on any atom is -0.481 e. The molecule has 2 aromatic rings. The molecule has 0 saturated carbocycles. The zero-order valence-corrected chi connectivity index (χ0v) is 14.0. The molecule has 1 amide bonds. The van der Waals surface area contributed by atoms with Crippen molar-refractivity contribution in [2.75, 3.05) is 11.4 Å². The monoisotopic (exact) mass is 338 g/mol. The number of benzene rings is 2. The van der Waals surface area contributed by atoms with E-state index in [2.05, 4.69) is 17.0 Å². The number of fused-ring (bicyclic) bond motifs is 1. The first-order chi connectivity index (χ1) is 12.0. The Bertz CT molecular complexity index is 788. The Labute approximate surface area is 147 Å². The fourth-order valence-corrected chi connectivity index (χ4v) is 3.49. The number of hydrogen-bond acceptors (Lipinski definition) is 3. The third-order valence-corrected chi connectivity index (χ3v) is 4.67. The molecule has 2 aromatic carbocycles. The first-order valence-electron chi connectivity index (χ1n) is 8.46. The van der Waals surface area contributed by atoms with Crippen LogP contribution in [0.4, 0.5) is 5.69 Å². The number of carboxylic acids is 1. The molecule has 0 spiro atoms. The van der Waals surface area contributed by atoms with Crippen LogP contribution in [-0.2, 0) is 17.8 Å². The number of amides is 1. The van der Waals surface area contributed by atoms with Gasteiger partial charge in [0, 0.05) is 30.8 Å². The summed E-state index contributed by atoms with van der Waals surface area (Å²) < 4.78 is 0. The molecule has 5 heteroatoms. The lowest BCUT2D eigenvalue weighted by Crippen LogP contribution is -2.35. The molecular formula is C20H22N2O3. The van der Waals surface area contributed by atoms with Crippen LogP contribution in [0.3, 0.4) is 0 Å². The molecule has 1 heterocycles. The van der Waals surface area contributed by atoms with Crippen LogP contribution in [0.25, 0.3) is 0 Å². The van der Waals surface area contributed by atoms with Crippen LogP contribution < -0.4 is 10.6 Å². The fraction of sp³-hybridized carbons (Fsp3) is 0.300. The predicted octanol–water partition coefficient (Wildman–Crippen LogP) is 2.83. The molecular weight excluding hydrogens is 316 g/mol. The normalized spacial score (nSPS) is 16.3. The minimum absolute atomic E-state index is 0.192. The van der Waals surface area contributed by atoms with Gasteiger partial charge in [0.25, 0.3) is 0 Å². The average Bonchev–Trinajstić information content (AvgIpc) is 2.60. The second kappa shape index (κ2) is 7.38. The summed E-state index contributed by atoms with van der Waals surface area (Å²) in [5, 5.41) is 8.97. The summed E-state index contributed by atoms with van der Waals surface area (Å²) in [6.07, 6.45) is 1.76. The first kappa shape index (κ1) is 17.0. The minimum atomic E-state index is -0.750. The van der Waals surface area contributed by atoms with Gasteiger partial charge in [-0.2, -0.15) is 0 Å². The van der Waals surface area contributed by atoms with Crippen LogP contribution in [0.1, 0.15) is 34.3 Å². The molecule has 3 rings (SSSR count). The number of nitrogens with two attached hydrogens (primary N) is 1. The van der Waals surface area contributed by atoms with E-state index in [1.807, 2.05) is 30.3 Å². The van der Waals surface area contributed by atoms with Crippen molar-refractivity contribution < 1.29 is 14.7 Å². The molecule has 1 aliphatic rings. The lowest BCUT2D eigenvalue weighted by molar-refractivity contribution is -0.137. The highest BCUT2D eigenvalue weighted by atomic mass is 16.4. The van der Waals surface area contributed by atoms with E-state index in [0.29, 0.717) is 24.4 Å². The van der Waals surface area contributed by atoms with Crippen molar-refractivity contribution in [1.29, 1.82) is 0 Å². The van der Waals surface area contributed by atoms with Gasteiger partial charge in [-0.25, -0.2) is 0 Å². The van der Waals surface area contributed by atoms with Crippen LogP contribution in [0.2, 0.25) is 0 Å². The van der Waals surface area contributed by atoms with Gasteiger partial charge in [-0.3, -0.25) is 9.59 Å². The standard InChI is InChI=1S/C20H22N2O3/c21-20(25)17-6-3-4-14(11-17)12-22-13-15(8-9-19(23)24)10-16-5-1-2-7-18(16)22/h1-7,11,15H,8-10,12-13H2,(H2,21,25)(H,23,24). The topological polar surface area (TPSA) is 83.6 Å². The highest BCUT2D eigenvalue weighted by Gasteiger charge is 2.24. The number of carboxylic acid groups (broad SMARTS) is 1. The third-order valence-electron chi connectivity index (χ3n) is 4.67. The fourth-order valence-electron chi connectivity index (χ4n) is 3.49. The number of anilines is 1. The lowest BCUT2D eigenvalue weighted by atomic mass is 9.89. The van der Waals surface area contributed by atoms with Crippen LogP contribution in [0, 0.1) is 5.92 Å². The molecule has 0 fully saturated rings. The van der Waals surface area contributed by atoms with Crippen molar-refractivity contribution in [1.82, 2.24) is 0 Å². The zero-order chi connectivity index (χ0) is 17.8. The predicted molar refractivity (Wildman–Crippen MR) is 96.5 cm³/mol. The van der Waals surface area contributed by atoms with E-state index in [-0.39, 0.29) is 6.42 Å². The van der Waals surface area contributed by atoms with Gasteiger partial charge in [0.05, 0.1) is 0 Å². The first-order valence-corrected chi connectivity index (χ1v) is 8.46. The number of carbonyl (C=O) groups is 2. The third kappa shape index (κ3) is 4.18. The summed E-state index contributed by atoms with van der Waals surface area (Å²) in [4.78, 5) is 24.6. The van der Waals surface area contributed by atoms with Crippen molar-refractivity contribution in [3.8, 4) is 0 Å². The summed E-state index contributed by atoms with van der Waals surface area (Å²) in [5.41, 5.74) is 9.32. The van der Waals surface area contributed by atoms with Crippen LogP contribution in [-0.4, -0.2) is 23.5 Å². The molecule has 5 nitrogen and oxygen atoms in total. The van der Waals surface area contributed by atoms with E-state index in [4.69, 9.17) is 10.8 Å². The molecule has 25 heavy (non-hydrogen) atoms. The highest BCUT2D eigenvalue weighted by molar-refractivity contribution is 5.92. The van der Waals surface area contributed by atoms with Gasteiger partial charge < -0.3 is 15.7 Å². The Morgan fingerprint density at radius 1 is 1.16 bits per heavy atom. The Kier molecular flexibility index (Phi) is 5.03. The maximum absolute atomic E-state index is 11.4. The van der Waals surface area contributed by atoms with Crippen LogP contribution in [0.15, 0.2) is 48.5 Å². The second-order valence-electron chi connectivity index (χ2n) is 6.58. The van der Waals surface area contributed by atoms with Crippen molar-refractivity contribution in [3.05, 3.63) is 65.2 Å². The van der Waals surface area contributed by atoms with E-state index in [9.17, 15) is 9.59 Å². The lowest BCUT2D eigenvalue weighted by Gasteiger charge is -2.36. The van der Waals surface area contributed by atoms with E-state index in [0.717, 1.165) is 18.5 Å². The Morgan fingerprint density at radius 2 is 1.96 bits per heavy atom. The van der Waals surface area contributed by atoms with Gasteiger partial charge in [0.2, 0.25) is 5.91 Å². The molecule has 0 aromatic heterocycles. The number of rotatable bonds is 6. The van der Waals surface area contributed by atoms with E-state index >= 15 is 0 Å². The molecule has 130 valence electrons. The van der Waals surface area contributed by atoms with Crippen molar-refractivity contribution >= 4 is 17.6 Å². The summed E-state index contributed by atoms with van der Waals surface area (Å²) in [6.45, 7) is 1.48. The number of para-hydroxylation sites is 1. The van der Waals surface area contributed by atoms with Crippen molar-refractivity contribution in [2.24, 2.45) is 11.7 Å².